The van der Waals surface area contributed by atoms with E-state index >= 15 is 0 Å². The third-order valence-electron chi connectivity index (χ3n) is 7.20. The third-order valence-corrected chi connectivity index (χ3v) is 7.20. The van der Waals surface area contributed by atoms with Gasteiger partial charge >= 0.3 is 0 Å². The first kappa shape index (κ1) is 24.0. The Labute approximate surface area is 207 Å². The molecule has 0 bridgehead atoms. The second-order valence-electron chi connectivity index (χ2n) is 9.77. The first-order chi connectivity index (χ1) is 17.0. The molecule has 5 nitrogen and oxygen atoms in total. The van der Waals surface area contributed by atoms with Gasteiger partial charge < -0.3 is 24.4 Å². The fourth-order valence-electron chi connectivity index (χ4n) is 5.20. The van der Waals surface area contributed by atoms with Gasteiger partial charge in [-0.25, -0.2) is 0 Å². The molecule has 2 heterocycles. The Hall–Kier alpha value is -2.70. The molecular weight excluding hydrogens is 440 g/mol. The molecule has 5 heteroatoms. The van der Waals surface area contributed by atoms with E-state index in [0.717, 1.165) is 17.7 Å². The predicted molar refractivity (Wildman–Crippen MR) is 135 cm³/mol. The number of aliphatic hydroxyl groups is 2. The molecule has 184 valence electrons. The molecule has 5 rings (SSSR count). The fourth-order valence-corrected chi connectivity index (χ4v) is 5.20. The minimum Gasteiger partial charge on any atom is -0.491 e. The minimum absolute atomic E-state index is 0.0442. The highest BCUT2D eigenvalue weighted by Crippen LogP contribution is 2.39. The lowest BCUT2D eigenvalue weighted by Gasteiger charge is -2.32. The van der Waals surface area contributed by atoms with Crippen molar-refractivity contribution in [2.75, 3.05) is 13.2 Å². The Morgan fingerprint density at radius 1 is 0.943 bits per heavy atom. The standard InChI is InChI=1S/C30H34O5/c1-19-7-10-22(29-16-24(32)15-26(17-31)35-29)14-23(19)13-21-8-11-25(12-9-21)33-18-30-28-6-4-3-5-27(28)20(2)34-30/h3-12,14,20,24,26,29-32H,13,15-18H2,1-2H3/t20?,24-,26-,29+,30?/m0/s1. The average molecular weight is 475 g/mol. The Morgan fingerprint density at radius 3 is 2.49 bits per heavy atom. The Morgan fingerprint density at radius 2 is 1.71 bits per heavy atom. The molecule has 2 aliphatic rings. The van der Waals surface area contributed by atoms with Gasteiger partial charge in [0, 0.05) is 12.8 Å². The van der Waals surface area contributed by atoms with Gasteiger partial charge in [0.25, 0.3) is 0 Å². The summed E-state index contributed by atoms with van der Waals surface area (Å²) in [4.78, 5) is 0. The normalized spacial score (nSPS) is 25.9. The maximum atomic E-state index is 10.2. The van der Waals surface area contributed by atoms with Crippen LogP contribution in [0.25, 0.3) is 0 Å². The molecule has 35 heavy (non-hydrogen) atoms. The fraction of sp³-hybridized carbons (Fsp3) is 0.400. The quantitative estimate of drug-likeness (QED) is 0.482. The second-order valence-corrected chi connectivity index (χ2v) is 9.77. The van der Waals surface area contributed by atoms with Gasteiger partial charge in [0.1, 0.15) is 18.5 Å². The minimum atomic E-state index is -0.450. The van der Waals surface area contributed by atoms with Gasteiger partial charge in [-0.2, -0.15) is 0 Å². The van der Waals surface area contributed by atoms with Gasteiger partial charge in [-0.05, 0) is 65.8 Å². The van der Waals surface area contributed by atoms with Gasteiger partial charge in [0.15, 0.2) is 0 Å². The van der Waals surface area contributed by atoms with E-state index in [1.807, 2.05) is 18.2 Å². The summed E-state index contributed by atoms with van der Waals surface area (Å²) in [5.74, 6) is 0.833. The first-order valence-corrected chi connectivity index (χ1v) is 12.5. The Balaban J connectivity index is 1.22. The molecule has 3 aromatic rings. The first-order valence-electron chi connectivity index (χ1n) is 12.5. The molecular formula is C30H34O5. The monoisotopic (exact) mass is 474 g/mol. The van der Waals surface area contributed by atoms with E-state index in [-0.39, 0.29) is 31.0 Å². The zero-order valence-electron chi connectivity index (χ0n) is 20.4. The topological polar surface area (TPSA) is 68.2 Å². The summed E-state index contributed by atoms with van der Waals surface area (Å²) in [6.07, 6.45) is 0.932. The van der Waals surface area contributed by atoms with Crippen LogP contribution >= 0.6 is 0 Å². The number of aliphatic hydroxyl groups excluding tert-OH is 2. The number of hydrogen-bond donors (Lipinski definition) is 2. The number of fused-ring (bicyclic) bond motifs is 1. The van der Waals surface area contributed by atoms with E-state index in [1.54, 1.807) is 0 Å². The van der Waals surface area contributed by atoms with Gasteiger partial charge in [-0.3, -0.25) is 0 Å². The van der Waals surface area contributed by atoms with Crippen molar-refractivity contribution < 1.29 is 24.4 Å². The summed E-state index contributed by atoms with van der Waals surface area (Å²) >= 11 is 0. The summed E-state index contributed by atoms with van der Waals surface area (Å²) in [7, 11) is 0. The van der Waals surface area contributed by atoms with Gasteiger partial charge in [0.2, 0.25) is 0 Å². The number of hydrogen-bond acceptors (Lipinski definition) is 5. The third kappa shape index (κ3) is 5.44. The van der Waals surface area contributed by atoms with Crippen molar-refractivity contribution in [2.24, 2.45) is 0 Å². The molecule has 1 saturated heterocycles. The van der Waals surface area contributed by atoms with E-state index in [0.29, 0.717) is 19.4 Å². The highest BCUT2D eigenvalue weighted by atomic mass is 16.5. The van der Waals surface area contributed by atoms with E-state index < -0.39 is 6.10 Å². The van der Waals surface area contributed by atoms with E-state index in [4.69, 9.17) is 14.2 Å². The van der Waals surface area contributed by atoms with Crippen molar-refractivity contribution in [1.29, 1.82) is 0 Å². The van der Waals surface area contributed by atoms with Crippen LogP contribution in [0.5, 0.6) is 5.75 Å². The Kier molecular flexibility index (Phi) is 7.21. The van der Waals surface area contributed by atoms with Crippen LogP contribution in [0.15, 0.2) is 66.7 Å². The van der Waals surface area contributed by atoms with Crippen molar-refractivity contribution in [3.05, 3.63) is 100 Å². The van der Waals surface area contributed by atoms with E-state index in [2.05, 4.69) is 62.4 Å². The summed E-state index contributed by atoms with van der Waals surface area (Å²) in [6.45, 7) is 4.62. The summed E-state index contributed by atoms with van der Waals surface area (Å²) in [6, 6.07) is 22.9. The number of aryl methyl sites for hydroxylation is 1. The van der Waals surface area contributed by atoms with Crippen molar-refractivity contribution in [1.82, 2.24) is 0 Å². The second kappa shape index (κ2) is 10.5. The molecule has 3 aromatic carbocycles. The molecule has 0 aliphatic carbocycles. The van der Waals surface area contributed by atoms with Gasteiger partial charge in [-0.1, -0.05) is 54.6 Å². The summed E-state index contributed by atoms with van der Waals surface area (Å²) in [5.41, 5.74) is 7.15. The summed E-state index contributed by atoms with van der Waals surface area (Å²) in [5, 5.41) is 19.7. The van der Waals surface area contributed by atoms with Crippen LogP contribution in [0.1, 0.15) is 71.5 Å². The van der Waals surface area contributed by atoms with Crippen LogP contribution in [0.2, 0.25) is 0 Å². The zero-order valence-corrected chi connectivity index (χ0v) is 20.4. The number of rotatable bonds is 7. The molecule has 2 unspecified atom stereocenters. The molecule has 0 spiro atoms. The highest BCUT2D eigenvalue weighted by molar-refractivity contribution is 5.38. The molecule has 1 fully saturated rings. The van der Waals surface area contributed by atoms with Crippen LogP contribution in [-0.2, 0) is 15.9 Å². The SMILES string of the molecule is Cc1ccc([C@H]2C[C@@H](O)C[C@@H](CO)O2)cc1Cc1ccc(OCC2OC(C)c3ccccc32)cc1. The van der Waals surface area contributed by atoms with Crippen molar-refractivity contribution in [3.8, 4) is 5.75 Å². The van der Waals surface area contributed by atoms with Crippen LogP contribution < -0.4 is 4.74 Å². The maximum absolute atomic E-state index is 10.2. The van der Waals surface area contributed by atoms with E-state index in [9.17, 15) is 10.2 Å². The molecule has 0 amide bonds. The van der Waals surface area contributed by atoms with Gasteiger partial charge in [0.05, 0.1) is 31.0 Å². The lowest BCUT2D eigenvalue weighted by atomic mass is 9.92. The molecule has 2 aliphatic heterocycles. The molecule has 2 N–H and O–H groups in total. The van der Waals surface area contributed by atoms with Crippen LogP contribution in [0.3, 0.4) is 0 Å². The predicted octanol–water partition coefficient (Wildman–Crippen LogP) is 5.37. The number of benzene rings is 3. The lowest BCUT2D eigenvalue weighted by molar-refractivity contribution is -0.113. The molecule has 5 atom stereocenters. The lowest BCUT2D eigenvalue weighted by Crippen LogP contribution is -2.33. The van der Waals surface area contributed by atoms with Crippen LogP contribution in [0.4, 0.5) is 0 Å². The smallest absolute Gasteiger partial charge is 0.119 e. The van der Waals surface area contributed by atoms with Gasteiger partial charge in [-0.15, -0.1) is 0 Å². The summed E-state index contributed by atoms with van der Waals surface area (Å²) < 4.78 is 18.2. The average Bonchev–Trinajstić information content (AvgIpc) is 3.20. The Bertz CT molecular complexity index is 1140. The van der Waals surface area contributed by atoms with Crippen molar-refractivity contribution in [3.63, 3.8) is 0 Å². The zero-order chi connectivity index (χ0) is 24.4. The number of ether oxygens (including phenoxy) is 3. The maximum Gasteiger partial charge on any atom is 0.119 e. The molecule has 0 radical (unpaired) electrons. The van der Waals surface area contributed by atoms with Crippen LogP contribution in [0, 0.1) is 6.92 Å². The van der Waals surface area contributed by atoms with Crippen LogP contribution in [-0.4, -0.2) is 35.6 Å². The molecule has 0 saturated carbocycles. The van der Waals surface area contributed by atoms with Crippen molar-refractivity contribution >= 4 is 0 Å². The molecule has 0 aromatic heterocycles. The highest BCUT2D eigenvalue weighted by Gasteiger charge is 2.30. The largest absolute Gasteiger partial charge is 0.491 e. The van der Waals surface area contributed by atoms with Crippen molar-refractivity contribution in [2.45, 2.75) is 63.6 Å². The van der Waals surface area contributed by atoms with E-state index in [1.165, 1.54) is 27.8 Å².